The molecule has 4 aromatic rings. The van der Waals surface area contributed by atoms with Gasteiger partial charge in [-0.1, -0.05) is 42.3 Å². The number of aliphatic hydroxyl groups is 1. The molecule has 1 N–H and O–H groups in total. The van der Waals surface area contributed by atoms with Gasteiger partial charge >= 0.3 is 5.91 Å². The molecular weight excluding hydrogens is 538 g/mol. The van der Waals surface area contributed by atoms with E-state index in [0.717, 1.165) is 17.5 Å². The Morgan fingerprint density at radius 3 is 2.59 bits per heavy atom. The second-order valence-corrected chi connectivity index (χ2v) is 10.3. The van der Waals surface area contributed by atoms with Gasteiger partial charge in [0.1, 0.15) is 5.76 Å². The number of anilines is 1. The lowest BCUT2D eigenvalue weighted by Gasteiger charge is -2.24. The van der Waals surface area contributed by atoms with Gasteiger partial charge in [-0.05, 0) is 61.4 Å². The van der Waals surface area contributed by atoms with E-state index in [2.05, 4.69) is 16.9 Å². The maximum absolute atomic E-state index is 13.5. The number of amides is 1. The van der Waals surface area contributed by atoms with E-state index in [1.54, 1.807) is 48.5 Å². The predicted molar refractivity (Wildman–Crippen MR) is 152 cm³/mol. The molecule has 1 fully saturated rings. The molecule has 1 unspecified atom stereocenters. The number of aromatic nitrogens is 2. The van der Waals surface area contributed by atoms with Crippen molar-refractivity contribution >= 4 is 55.7 Å². The number of carbonyl (C=O) groups excluding carboxylic acids is 2. The molecular formula is C29H26ClN3O5S. The van der Waals surface area contributed by atoms with Crippen molar-refractivity contribution in [1.82, 2.24) is 9.97 Å². The summed E-state index contributed by atoms with van der Waals surface area (Å²) in [6, 6.07) is 12.7. The highest BCUT2D eigenvalue weighted by molar-refractivity contribution is 7.22. The van der Waals surface area contributed by atoms with Crippen molar-refractivity contribution in [1.29, 1.82) is 0 Å². The molecule has 1 aliphatic heterocycles. The number of thiazole rings is 1. The summed E-state index contributed by atoms with van der Waals surface area (Å²) >= 11 is 7.42. The van der Waals surface area contributed by atoms with E-state index >= 15 is 0 Å². The van der Waals surface area contributed by atoms with E-state index in [0.29, 0.717) is 51.5 Å². The monoisotopic (exact) mass is 563 g/mol. The van der Waals surface area contributed by atoms with E-state index < -0.39 is 17.7 Å². The number of hydrogen-bond donors (Lipinski definition) is 1. The van der Waals surface area contributed by atoms with Gasteiger partial charge in [0.15, 0.2) is 16.6 Å². The number of halogens is 1. The van der Waals surface area contributed by atoms with Crippen LogP contribution in [0.15, 0.2) is 66.5 Å². The van der Waals surface area contributed by atoms with Gasteiger partial charge < -0.3 is 14.6 Å². The molecule has 8 nitrogen and oxygen atoms in total. The zero-order valence-electron chi connectivity index (χ0n) is 21.4. The summed E-state index contributed by atoms with van der Waals surface area (Å²) in [5.41, 5.74) is 1.52. The fourth-order valence-electron chi connectivity index (χ4n) is 4.41. The highest BCUT2D eigenvalue weighted by atomic mass is 35.5. The van der Waals surface area contributed by atoms with Crippen LogP contribution in [0.5, 0.6) is 11.5 Å². The van der Waals surface area contributed by atoms with E-state index in [4.69, 9.17) is 21.1 Å². The second kappa shape index (κ2) is 11.4. The summed E-state index contributed by atoms with van der Waals surface area (Å²) in [5, 5.41) is 12.2. The highest BCUT2D eigenvalue weighted by Gasteiger charge is 2.48. The summed E-state index contributed by atoms with van der Waals surface area (Å²) < 4.78 is 12.6. The number of nitrogens with zero attached hydrogens (tertiary/aromatic N) is 3. The summed E-state index contributed by atoms with van der Waals surface area (Å²) in [7, 11) is 0. The van der Waals surface area contributed by atoms with Crippen LogP contribution in [0.1, 0.15) is 43.9 Å². The lowest BCUT2D eigenvalue weighted by Crippen LogP contribution is -2.29. The van der Waals surface area contributed by atoms with E-state index in [1.165, 1.54) is 28.6 Å². The number of rotatable bonds is 9. The number of Topliss-reactive ketones (excluding diaryl/α,β-unsaturated/α-hetero) is 1. The molecule has 2 aromatic carbocycles. The van der Waals surface area contributed by atoms with Gasteiger partial charge in [0.05, 0.1) is 35.0 Å². The predicted octanol–water partition coefficient (Wildman–Crippen LogP) is 6.55. The van der Waals surface area contributed by atoms with Gasteiger partial charge in [-0.15, -0.1) is 0 Å². The minimum atomic E-state index is -0.960. The van der Waals surface area contributed by atoms with Crippen molar-refractivity contribution in [2.75, 3.05) is 18.1 Å². The first-order chi connectivity index (χ1) is 18.9. The Morgan fingerprint density at radius 2 is 1.85 bits per heavy atom. The van der Waals surface area contributed by atoms with Crippen molar-refractivity contribution in [2.45, 2.75) is 32.7 Å². The van der Waals surface area contributed by atoms with Crippen LogP contribution in [0.25, 0.3) is 16.0 Å². The van der Waals surface area contributed by atoms with Crippen molar-refractivity contribution in [3.8, 4) is 11.5 Å². The summed E-state index contributed by atoms with van der Waals surface area (Å²) in [6.45, 7) is 4.87. The largest absolute Gasteiger partial charge is 0.507 e. The number of benzene rings is 2. The lowest BCUT2D eigenvalue weighted by molar-refractivity contribution is -0.132. The molecule has 200 valence electrons. The molecule has 1 saturated heterocycles. The molecule has 0 radical (unpaired) electrons. The molecule has 2 aromatic heterocycles. The number of ether oxygens (including phenoxy) is 2. The molecule has 39 heavy (non-hydrogen) atoms. The zero-order valence-corrected chi connectivity index (χ0v) is 23.0. The smallest absolute Gasteiger partial charge is 0.301 e. The molecule has 1 amide bonds. The van der Waals surface area contributed by atoms with Crippen LogP contribution in [-0.2, 0) is 9.59 Å². The maximum Gasteiger partial charge on any atom is 0.301 e. The number of unbranched alkanes of at least 4 members (excludes halogenated alkanes) is 1. The molecule has 1 aliphatic rings. The third-order valence-electron chi connectivity index (χ3n) is 6.28. The first-order valence-corrected chi connectivity index (χ1v) is 13.8. The van der Waals surface area contributed by atoms with Gasteiger partial charge in [-0.25, -0.2) is 4.98 Å². The lowest BCUT2D eigenvalue weighted by atomic mass is 9.95. The number of carbonyl (C=O) groups is 2. The van der Waals surface area contributed by atoms with Crippen molar-refractivity contribution in [3.63, 3.8) is 0 Å². The van der Waals surface area contributed by atoms with Gasteiger partial charge in [0.2, 0.25) is 0 Å². The van der Waals surface area contributed by atoms with Crippen LogP contribution in [0, 0.1) is 0 Å². The second-order valence-electron chi connectivity index (χ2n) is 8.85. The van der Waals surface area contributed by atoms with Gasteiger partial charge in [0, 0.05) is 23.0 Å². The average Bonchev–Trinajstić information content (AvgIpc) is 3.47. The Hall–Kier alpha value is -3.95. The van der Waals surface area contributed by atoms with Crippen LogP contribution < -0.4 is 14.4 Å². The Bertz CT molecular complexity index is 1570. The standard InChI is InChI=1S/C29H26ClN3O5S/c1-3-5-14-38-21-9-6-18(15-22(21)37-4-2)25-24(26(34)17-10-12-31-13-11-17)27(35)28(36)33(25)29-32-20-8-7-19(30)16-23(20)39-29/h6-13,15-16,25,34H,3-5,14H2,1-2H3. The van der Waals surface area contributed by atoms with Crippen LogP contribution in [0.2, 0.25) is 5.02 Å². The number of fused-ring (bicyclic) bond motifs is 1. The first kappa shape index (κ1) is 26.6. The quantitative estimate of drug-likeness (QED) is 0.107. The molecule has 1 atom stereocenters. The summed E-state index contributed by atoms with van der Waals surface area (Å²) in [6.07, 6.45) is 4.89. The van der Waals surface area contributed by atoms with Crippen LogP contribution in [0.3, 0.4) is 0 Å². The molecule has 0 saturated carbocycles. The molecule has 3 heterocycles. The molecule has 5 rings (SSSR count). The number of aliphatic hydroxyl groups excluding tert-OH is 1. The van der Waals surface area contributed by atoms with Crippen molar-refractivity contribution < 1.29 is 24.2 Å². The van der Waals surface area contributed by atoms with E-state index in [9.17, 15) is 14.7 Å². The number of pyridine rings is 1. The SMILES string of the molecule is CCCCOc1ccc(C2C(=C(O)c3ccncc3)C(=O)C(=O)N2c2nc3ccc(Cl)cc3s2)cc1OCC. The van der Waals surface area contributed by atoms with Gasteiger partial charge in [-0.2, -0.15) is 0 Å². The van der Waals surface area contributed by atoms with Gasteiger partial charge in [-0.3, -0.25) is 19.5 Å². The van der Waals surface area contributed by atoms with Crippen LogP contribution in [0.4, 0.5) is 5.13 Å². The molecule has 10 heteroatoms. The molecule has 0 spiro atoms. The average molecular weight is 564 g/mol. The maximum atomic E-state index is 13.5. The Balaban J connectivity index is 1.69. The van der Waals surface area contributed by atoms with E-state index in [-0.39, 0.29) is 11.3 Å². The fourth-order valence-corrected chi connectivity index (χ4v) is 5.68. The number of ketones is 1. The minimum absolute atomic E-state index is 0.0504. The van der Waals surface area contributed by atoms with Gasteiger partial charge in [0.25, 0.3) is 5.78 Å². The van der Waals surface area contributed by atoms with Crippen molar-refractivity contribution in [2.24, 2.45) is 0 Å². The molecule has 0 aliphatic carbocycles. The Kier molecular flexibility index (Phi) is 7.81. The topological polar surface area (TPSA) is 102 Å². The third-order valence-corrected chi connectivity index (χ3v) is 7.53. The Morgan fingerprint density at radius 1 is 1.05 bits per heavy atom. The van der Waals surface area contributed by atoms with E-state index in [1.807, 2.05) is 6.92 Å². The number of hydrogen-bond acceptors (Lipinski definition) is 8. The first-order valence-electron chi connectivity index (χ1n) is 12.6. The fraction of sp³-hybridized carbons (Fsp3) is 0.241. The van der Waals surface area contributed by atoms with Crippen molar-refractivity contribution in [3.05, 3.63) is 82.6 Å². The highest BCUT2D eigenvalue weighted by Crippen LogP contribution is 2.46. The third kappa shape index (κ3) is 5.20. The minimum Gasteiger partial charge on any atom is -0.507 e. The van der Waals surface area contributed by atoms with Crippen LogP contribution >= 0.6 is 22.9 Å². The zero-order chi connectivity index (χ0) is 27.5. The van der Waals surface area contributed by atoms with Crippen LogP contribution in [-0.4, -0.2) is 40.0 Å². The Labute approximate surface area is 234 Å². The molecule has 0 bridgehead atoms. The normalized spacial score (nSPS) is 16.7. The summed E-state index contributed by atoms with van der Waals surface area (Å²) in [4.78, 5) is 37.0. The summed E-state index contributed by atoms with van der Waals surface area (Å²) in [5.74, 6) is -0.852.